The van der Waals surface area contributed by atoms with Gasteiger partial charge in [0.05, 0.1) is 17.7 Å². The second-order valence-electron chi connectivity index (χ2n) is 8.09. The summed E-state index contributed by atoms with van der Waals surface area (Å²) in [6, 6.07) is 13.6. The maximum absolute atomic E-state index is 13.9. The van der Waals surface area contributed by atoms with Crippen molar-refractivity contribution in [2.75, 3.05) is 16.4 Å². The number of hydrogen-bond acceptors (Lipinski definition) is 6. The van der Waals surface area contributed by atoms with Crippen LogP contribution in [-0.2, 0) is 13.6 Å². The number of pyridine rings is 1. The van der Waals surface area contributed by atoms with Crippen LogP contribution >= 0.6 is 0 Å². The Morgan fingerprint density at radius 2 is 1.94 bits per heavy atom. The van der Waals surface area contributed by atoms with Crippen LogP contribution in [0.1, 0.15) is 5.56 Å². The number of aromatic nitrogens is 4. The highest BCUT2D eigenvalue weighted by molar-refractivity contribution is 6.11. The molecular formula is C24H18F2N6O3. The van der Waals surface area contributed by atoms with Crippen molar-refractivity contribution < 1.29 is 22.7 Å². The first kappa shape index (κ1) is 21.0. The number of aryl methyl sites for hydroxylation is 1. The minimum Gasteiger partial charge on any atom is -0.472 e. The average Bonchev–Trinajstić information content (AvgIpc) is 3.46. The molecule has 6 rings (SSSR count). The van der Waals surface area contributed by atoms with Gasteiger partial charge in [-0.1, -0.05) is 0 Å². The first-order valence-corrected chi connectivity index (χ1v) is 10.8. The number of amides is 2. The van der Waals surface area contributed by atoms with Gasteiger partial charge in [-0.15, -0.1) is 0 Å². The SMILES string of the molecule is Cn1cc2cc(N3Cc4ccc(OCC(F)F)nc4N(c4ccc5ocnc5c4)C3=O)ccc2n1. The minimum atomic E-state index is -2.64. The lowest BCUT2D eigenvalue weighted by molar-refractivity contribution is 0.0796. The van der Waals surface area contributed by atoms with Crippen molar-refractivity contribution in [2.24, 2.45) is 7.05 Å². The number of ether oxygens (including phenoxy) is 1. The largest absolute Gasteiger partial charge is 0.472 e. The maximum Gasteiger partial charge on any atom is 0.335 e. The fourth-order valence-electron chi connectivity index (χ4n) is 4.18. The molecule has 0 saturated carbocycles. The van der Waals surface area contributed by atoms with Crippen molar-refractivity contribution in [1.82, 2.24) is 19.7 Å². The third kappa shape index (κ3) is 3.70. The molecule has 0 spiro atoms. The van der Waals surface area contributed by atoms with Crippen LogP contribution < -0.4 is 14.5 Å². The van der Waals surface area contributed by atoms with Crippen molar-refractivity contribution in [3.05, 3.63) is 66.7 Å². The Hall–Kier alpha value is -4.54. The second-order valence-corrected chi connectivity index (χ2v) is 8.09. The zero-order valence-corrected chi connectivity index (χ0v) is 18.4. The van der Waals surface area contributed by atoms with Crippen molar-refractivity contribution in [3.8, 4) is 5.88 Å². The quantitative estimate of drug-likeness (QED) is 0.353. The Balaban J connectivity index is 1.46. The molecule has 1 aliphatic heterocycles. The maximum atomic E-state index is 13.9. The van der Waals surface area contributed by atoms with E-state index in [1.807, 2.05) is 31.4 Å². The Bertz CT molecular complexity index is 1580. The fourth-order valence-corrected chi connectivity index (χ4v) is 4.18. The molecule has 0 aliphatic carbocycles. The summed E-state index contributed by atoms with van der Waals surface area (Å²) in [4.78, 5) is 25.5. The van der Waals surface area contributed by atoms with E-state index in [1.54, 1.807) is 33.8 Å². The van der Waals surface area contributed by atoms with Crippen LogP contribution in [0.3, 0.4) is 0 Å². The summed E-state index contributed by atoms with van der Waals surface area (Å²) in [5.74, 6) is 0.318. The van der Waals surface area contributed by atoms with Crippen molar-refractivity contribution in [3.63, 3.8) is 0 Å². The topological polar surface area (TPSA) is 89.5 Å². The highest BCUT2D eigenvalue weighted by Gasteiger charge is 2.34. The molecule has 1 aliphatic rings. The zero-order chi connectivity index (χ0) is 24.1. The highest BCUT2D eigenvalue weighted by atomic mass is 19.3. The van der Waals surface area contributed by atoms with E-state index in [0.717, 1.165) is 16.5 Å². The fraction of sp³-hybridized carbons (Fsp3) is 0.167. The molecule has 0 bridgehead atoms. The molecule has 0 fully saturated rings. The number of fused-ring (bicyclic) bond motifs is 3. The lowest BCUT2D eigenvalue weighted by Gasteiger charge is -2.36. The number of carbonyl (C=O) groups excluding carboxylic acids is 1. The summed E-state index contributed by atoms with van der Waals surface area (Å²) in [7, 11) is 1.84. The van der Waals surface area contributed by atoms with E-state index in [0.29, 0.717) is 28.3 Å². The van der Waals surface area contributed by atoms with E-state index in [-0.39, 0.29) is 18.5 Å². The van der Waals surface area contributed by atoms with Crippen molar-refractivity contribution in [2.45, 2.75) is 13.0 Å². The first-order chi connectivity index (χ1) is 17.0. The Kier molecular flexibility index (Phi) is 4.83. The zero-order valence-electron chi connectivity index (χ0n) is 18.4. The molecule has 5 aromatic rings. The van der Waals surface area contributed by atoms with Gasteiger partial charge in [0, 0.05) is 35.9 Å². The molecule has 35 heavy (non-hydrogen) atoms. The Morgan fingerprint density at radius 1 is 1.09 bits per heavy atom. The van der Waals surface area contributed by atoms with E-state index in [4.69, 9.17) is 9.15 Å². The van der Waals surface area contributed by atoms with Crippen LogP contribution in [0.5, 0.6) is 5.88 Å². The van der Waals surface area contributed by atoms with Gasteiger partial charge in [-0.3, -0.25) is 9.58 Å². The number of alkyl halides is 2. The summed E-state index contributed by atoms with van der Waals surface area (Å²) in [6.07, 6.45) is 0.564. The number of halogens is 2. The van der Waals surface area contributed by atoms with E-state index >= 15 is 0 Å². The molecular weight excluding hydrogens is 458 g/mol. The second kappa shape index (κ2) is 8.05. The van der Waals surface area contributed by atoms with Crippen LogP contribution in [0, 0.1) is 0 Å². The van der Waals surface area contributed by atoms with E-state index in [2.05, 4.69) is 15.1 Å². The number of nitrogens with zero attached hydrogens (tertiary/aromatic N) is 6. The third-order valence-corrected chi connectivity index (χ3v) is 5.74. The van der Waals surface area contributed by atoms with Crippen LogP contribution in [0.25, 0.3) is 22.0 Å². The van der Waals surface area contributed by atoms with E-state index in [9.17, 15) is 13.6 Å². The summed E-state index contributed by atoms with van der Waals surface area (Å²) >= 11 is 0. The van der Waals surface area contributed by atoms with Crippen LogP contribution in [-0.4, -0.2) is 38.8 Å². The molecule has 2 aromatic carbocycles. The normalized spacial score (nSPS) is 13.8. The molecule has 9 nitrogen and oxygen atoms in total. The summed E-state index contributed by atoms with van der Waals surface area (Å²) in [5, 5.41) is 5.29. The van der Waals surface area contributed by atoms with Crippen LogP contribution in [0.4, 0.5) is 30.8 Å². The predicted molar refractivity (Wildman–Crippen MR) is 124 cm³/mol. The number of carbonyl (C=O) groups is 1. The number of rotatable bonds is 5. The van der Waals surface area contributed by atoms with Gasteiger partial charge in [-0.05, 0) is 42.5 Å². The number of hydrogen-bond donors (Lipinski definition) is 0. The summed E-state index contributed by atoms with van der Waals surface area (Å²) in [6.45, 7) is -0.549. The van der Waals surface area contributed by atoms with Gasteiger partial charge in [0.15, 0.2) is 18.6 Å². The molecule has 0 atom stereocenters. The van der Waals surface area contributed by atoms with Gasteiger partial charge in [-0.2, -0.15) is 10.1 Å². The summed E-state index contributed by atoms with van der Waals surface area (Å²) < 4.78 is 37.5. The average molecular weight is 476 g/mol. The standard InChI is InChI=1S/C24H18F2N6O3/c1-30-10-15-8-16(3-5-18(15)29-30)31-11-14-2-7-22(34-12-21(25)26)28-23(14)32(24(31)33)17-4-6-20-19(9-17)27-13-35-20/h2-10,13,21H,11-12H2,1H3. The van der Waals surface area contributed by atoms with Crippen molar-refractivity contribution >= 4 is 45.2 Å². The smallest absolute Gasteiger partial charge is 0.335 e. The molecule has 3 aromatic heterocycles. The number of urea groups is 1. The van der Waals surface area contributed by atoms with Gasteiger partial charge < -0.3 is 9.15 Å². The predicted octanol–water partition coefficient (Wildman–Crippen LogP) is 5.03. The molecule has 11 heteroatoms. The monoisotopic (exact) mass is 476 g/mol. The first-order valence-electron chi connectivity index (χ1n) is 10.8. The number of anilines is 3. The van der Waals surface area contributed by atoms with Gasteiger partial charge in [0.25, 0.3) is 6.43 Å². The third-order valence-electron chi connectivity index (χ3n) is 5.74. The van der Waals surface area contributed by atoms with Crippen molar-refractivity contribution in [1.29, 1.82) is 0 Å². The molecule has 2 amide bonds. The molecule has 0 N–H and O–H groups in total. The van der Waals surface area contributed by atoms with Crippen LogP contribution in [0.15, 0.2) is 65.5 Å². The Labute approximate surface area is 197 Å². The van der Waals surface area contributed by atoms with E-state index in [1.165, 1.54) is 17.4 Å². The van der Waals surface area contributed by atoms with E-state index < -0.39 is 13.0 Å². The molecule has 0 radical (unpaired) electrons. The van der Waals surface area contributed by atoms with Gasteiger partial charge in [0.1, 0.15) is 11.3 Å². The van der Waals surface area contributed by atoms with Gasteiger partial charge >= 0.3 is 6.03 Å². The van der Waals surface area contributed by atoms with Crippen LogP contribution in [0.2, 0.25) is 0 Å². The molecule has 0 saturated heterocycles. The molecule has 4 heterocycles. The van der Waals surface area contributed by atoms with Gasteiger partial charge in [-0.25, -0.2) is 23.5 Å². The number of benzene rings is 2. The summed E-state index contributed by atoms with van der Waals surface area (Å²) in [5.41, 5.74) is 3.86. The number of oxazole rings is 1. The minimum absolute atomic E-state index is 0.00888. The molecule has 176 valence electrons. The Morgan fingerprint density at radius 3 is 2.80 bits per heavy atom. The van der Waals surface area contributed by atoms with Gasteiger partial charge in [0.2, 0.25) is 5.88 Å². The lowest BCUT2D eigenvalue weighted by atomic mass is 10.1. The lowest BCUT2D eigenvalue weighted by Crippen LogP contribution is -2.45. The molecule has 0 unspecified atom stereocenters. The highest BCUT2D eigenvalue weighted by Crippen LogP contribution is 2.38.